The number of carbonyl (C=O) groups excluding carboxylic acids is 7. The van der Waals surface area contributed by atoms with Gasteiger partial charge in [0.15, 0.2) is 0 Å². The summed E-state index contributed by atoms with van der Waals surface area (Å²) in [4.78, 5) is 123. The van der Waals surface area contributed by atoms with Crippen molar-refractivity contribution in [2.24, 2.45) is 16.5 Å². The molecule has 424 valence electrons. The summed E-state index contributed by atoms with van der Waals surface area (Å²) in [5, 5.41) is 40.6. The molecular weight excluding hydrogens is 987 g/mol. The lowest BCUT2D eigenvalue weighted by Gasteiger charge is -2.17. The number of hydrogen-bond acceptors (Lipinski definition) is 15. The van der Waals surface area contributed by atoms with Crippen LogP contribution in [0.5, 0.6) is 0 Å². The second-order valence-corrected chi connectivity index (χ2v) is 18.8. The van der Waals surface area contributed by atoms with Crippen molar-refractivity contribution in [1.82, 2.24) is 31.3 Å². The quantitative estimate of drug-likeness (QED) is 0.0137. The van der Waals surface area contributed by atoms with Crippen LogP contribution in [-0.4, -0.2) is 157 Å². The van der Waals surface area contributed by atoms with E-state index in [-0.39, 0.29) is 70.8 Å². The molecule has 0 heterocycles. The summed E-state index contributed by atoms with van der Waals surface area (Å²) in [6, 6.07) is -4.75. The highest BCUT2D eigenvalue weighted by molar-refractivity contribution is 7.97. The predicted molar refractivity (Wildman–Crippen MR) is 279 cm³/mol. The van der Waals surface area contributed by atoms with E-state index in [4.69, 9.17) is 20.9 Å². The Morgan fingerprint density at radius 1 is 0.500 bits per heavy atom. The fourth-order valence-corrected chi connectivity index (χ4v) is 7.78. The van der Waals surface area contributed by atoms with Crippen molar-refractivity contribution in [3.8, 4) is 0 Å². The number of aliphatic imine (C=N–C) groups is 1. The van der Waals surface area contributed by atoms with E-state index in [9.17, 15) is 63.3 Å². The van der Waals surface area contributed by atoms with Crippen LogP contribution < -0.4 is 42.8 Å². The maximum Gasteiger partial charge on any atom is 0.326 e. The van der Waals surface area contributed by atoms with Crippen LogP contribution in [0.1, 0.15) is 167 Å². The molecule has 0 aliphatic heterocycles. The van der Waals surface area contributed by atoms with Crippen LogP contribution in [0.2, 0.25) is 0 Å². The molecule has 24 nitrogen and oxygen atoms in total. The maximum absolute atomic E-state index is 12.4. The van der Waals surface area contributed by atoms with Gasteiger partial charge in [0.2, 0.25) is 35.4 Å². The Morgan fingerprint density at radius 3 is 1.43 bits per heavy atom. The number of aliphatic carboxylic acids is 3. The van der Waals surface area contributed by atoms with E-state index in [1.165, 1.54) is 69.7 Å². The molecule has 0 aromatic rings. The van der Waals surface area contributed by atoms with Gasteiger partial charge in [-0.15, -0.1) is 0 Å². The second kappa shape index (κ2) is 46.2. The van der Waals surface area contributed by atoms with E-state index in [1.54, 1.807) is 7.05 Å². The number of nitrogens with zero attached hydrogens (tertiary/aromatic N) is 1. The first-order valence-electron chi connectivity index (χ1n) is 26.1. The molecule has 25 heteroatoms. The van der Waals surface area contributed by atoms with Gasteiger partial charge < -0.3 is 72.4 Å². The number of nitrogens with two attached hydrogens (primary N) is 2. The molecule has 0 spiro atoms. The van der Waals surface area contributed by atoms with Crippen LogP contribution in [0.4, 0.5) is 0 Å². The minimum absolute atomic E-state index is 0.00365. The van der Waals surface area contributed by atoms with Crippen LogP contribution in [0.15, 0.2) is 4.99 Å². The van der Waals surface area contributed by atoms with Gasteiger partial charge >= 0.3 is 17.9 Å². The highest BCUT2D eigenvalue weighted by atomic mass is 32.2. The van der Waals surface area contributed by atoms with E-state index in [0.29, 0.717) is 50.7 Å². The normalized spacial score (nSPS) is 12.9. The van der Waals surface area contributed by atoms with Crippen LogP contribution in [0, 0.1) is 0 Å². The number of aldehydes is 1. The van der Waals surface area contributed by atoms with Gasteiger partial charge in [0, 0.05) is 64.4 Å². The van der Waals surface area contributed by atoms with Gasteiger partial charge in [-0.2, -0.15) is 0 Å². The highest BCUT2D eigenvalue weighted by Crippen LogP contribution is 2.14. The van der Waals surface area contributed by atoms with Crippen molar-refractivity contribution in [1.29, 1.82) is 0 Å². The number of ether oxygens (including phenoxy) is 2. The first kappa shape index (κ1) is 68.6. The third kappa shape index (κ3) is 42.0. The minimum Gasteiger partial charge on any atom is -0.480 e. The summed E-state index contributed by atoms with van der Waals surface area (Å²) in [6.07, 6.45) is 17.8. The lowest BCUT2D eigenvalue weighted by Crippen LogP contribution is -2.45. The van der Waals surface area contributed by atoms with Gasteiger partial charge in [-0.1, -0.05) is 82.6 Å². The number of amidine groups is 1. The van der Waals surface area contributed by atoms with E-state index in [0.717, 1.165) is 37.9 Å². The van der Waals surface area contributed by atoms with Crippen LogP contribution >= 0.6 is 11.9 Å². The molecule has 0 unspecified atom stereocenters. The molecule has 0 radical (unpaired) electrons. The topological polar surface area (TPSA) is 386 Å². The van der Waals surface area contributed by atoms with Crippen molar-refractivity contribution >= 4 is 77.4 Å². The fourth-order valence-electron chi connectivity index (χ4n) is 7.13. The highest BCUT2D eigenvalue weighted by Gasteiger charge is 2.25. The van der Waals surface area contributed by atoms with E-state index < -0.39 is 84.6 Å². The summed E-state index contributed by atoms with van der Waals surface area (Å²) in [5.74, 6) is -5.95. The molecule has 0 bridgehead atoms. The summed E-state index contributed by atoms with van der Waals surface area (Å²) < 4.78 is 13.3. The smallest absolute Gasteiger partial charge is 0.326 e. The Morgan fingerprint density at radius 2 is 0.932 bits per heavy atom. The van der Waals surface area contributed by atoms with Gasteiger partial charge in [-0.05, 0) is 57.8 Å². The minimum atomic E-state index is -1.49. The lowest BCUT2D eigenvalue weighted by molar-refractivity contribution is -0.144. The lowest BCUT2D eigenvalue weighted by atomic mass is 10.0. The monoisotopic (exact) mass is 1070 g/mol. The van der Waals surface area contributed by atoms with Gasteiger partial charge in [-0.25, -0.2) is 14.4 Å². The molecule has 0 saturated carbocycles. The van der Waals surface area contributed by atoms with Crippen molar-refractivity contribution in [2.75, 3.05) is 52.3 Å². The largest absolute Gasteiger partial charge is 0.480 e. The molecule has 0 aliphatic rings. The zero-order valence-corrected chi connectivity index (χ0v) is 44.3. The Hall–Kier alpha value is -5.40. The third-order valence-corrected chi connectivity index (χ3v) is 12.3. The molecule has 0 rings (SSSR count). The molecule has 74 heavy (non-hydrogen) atoms. The summed E-state index contributed by atoms with van der Waals surface area (Å²) in [6.45, 7) is -0.189. The SMILES string of the molecule is CN=C(N)CCCCCCCCCCCCCCCC(=O)NSCCCC(=O)N[C@@H](CCC(=O)NCCOCCOCC(=O)N[C@@H](CCC(=O)N[C@@H](CCC(=O)NCCCC[C@H](N)C=O)C(=O)O)C(=O)O)C(=O)O. The number of carboxylic acids is 3. The van der Waals surface area contributed by atoms with E-state index in [2.05, 4.69) is 36.3 Å². The van der Waals surface area contributed by atoms with Crippen LogP contribution in [-0.2, 0) is 57.4 Å². The summed E-state index contributed by atoms with van der Waals surface area (Å²) in [5.41, 5.74) is 11.2. The molecular formula is C49H87N9O15S. The number of unbranched alkanes of at least 4 members (excludes halogenated alkanes) is 13. The number of nitrogens with one attached hydrogen (secondary N) is 6. The van der Waals surface area contributed by atoms with E-state index in [1.807, 2.05) is 0 Å². The van der Waals surface area contributed by atoms with Crippen LogP contribution in [0.3, 0.4) is 0 Å². The number of carbonyl (C=O) groups is 10. The molecule has 4 atom stereocenters. The third-order valence-electron chi connectivity index (χ3n) is 11.5. The zero-order valence-electron chi connectivity index (χ0n) is 43.5. The van der Waals surface area contributed by atoms with Gasteiger partial charge in [0.25, 0.3) is 0 Å². The Kier molecular flexibility index (Phi) is 42.8. The van der Waals surface area contributed by atoms with Gasteiger partial charge in [0.05, 0.1) is 31.7 Å². The Balaban J connectivity index is 4.07. The average Bonchev–Trinajstić information content (AvgIpc) is 3.36. The van der Waals surface area contributed by atoms with Crippen molar-refractivity contribution in [3.05, 3.63) is 0 Å². The molecule has 0 saturated heterocycles. The molecule has 0 aliphatic carbocycles. The standard InChI is InChI=1S/C49H87N9O15S/c1-52-40(51)19-13-11-9-7-5-3-2-4-6-8-10-12-14-20-45(64)58-74-33-17-21-43(62)55-37(47(66)67)23-26-42(61)54-29-30-72-31-32-73-35-46(65)57-39(49(70)71)24-27-44(63)56-38(48(68)69)22-25-41(60)53-28-16-15-18-36(50)34-59/h34,36-39H,2-33,35,50H2,1H3,(H2,51,52)(H,53,60)(H,54,61)(H,55,62)(H,56,63)(H,57,65)(H,58,64)(H,66,67)(H,68,69)(H,70,71)/t36-,37-,38-,39-/m0/s1. The van der Waals surface area contributed by atoms with E-state index >= 15 is 0 Å². The first-order chi connectivity index (χ1) is 35.5. The van der Waals surface area contributed by atoms with Crippen molar-refractivity contribution < 1.29 is 72.7 Å². The Bertz CT molecular complexity index is 1690. The summed E-state index contributed by atoms with van der Waals surface area (Å²) in [7, 11) is 1.73. The molecule has 6 amide bonds. The molecule has 0 fully saturated rings. The Labute approximate surface area is 440 Å². The average molecular weight is 1070 g/mol. The van der Waals surface area contributed by atoms with Crippen molar-refractivity contribution in [2.45, 2.75) is 191 Å². The zero-order chi connectivity index (χ0) is 55.2. The number of amides is 6. The predicted octanol–water partition coefficient (Wildman–Crippen LogP) is 2.38. The maximum atomic E-state index is 12.4. The fraction of sp³-hybridized carbons (Fsp3) is 0.776. The second-order valence-electron chi connectivity index (χ2n) is 17.9. The summed E-state index contributed by atoms with van der Waals surface area (Å²) >= 11 is 1.21. The molecule has 0 aromatic carbocycles. The first-order valence-corrected chi connectivity index (χ1v) is 27.0. The number of carboxylic acid groups (broad SMARTS) is 3. The number of hydrogen-bond donors (Lipinski definition) is 11. The van der Waals surface area contributed by atoms with Gasteiger partial charge in [-0.3, -0.25) is 33.8 Å². The van der Waals surface area contributed by atoms with Crippen LogP contribution in [0.25, 0.3) is 0 Å². The van der Waals surface area contributed by atoms with Gasteiger partial charge in [0.1, 0.15) is 31.0 Å². The number of rotatable bonds is 50. The van der Waals surface area contributed by atoms with Crippen molar-refractivity contribution in [3.63, 3.8) is 0 Å². The molecule has 13 N–H and O–H groups in total. The molecule has 0 aromatic heterocycles.